The lowest BCUT2D eigenvalue weighted by Crippen LogP contribution is -2.16. The van der Waals surface area contributed by atoms with Crippen LogP contribution in [0.3, 0.4) is 0 Å². The number of carbonyl (C=O) groups excluding carboxylic acids is 2. The van der Waals surface area contributed by atoms with Crippen LogP contribution in [-0.2, 0) is 0 Å². The van der Waals surface area contributed by atoms with E-state index in [0.717, 1.165) is 83.5 Å². The summed E-state index contributed by atoms with van der Waals surface area (Å²) in [6.45, 7) is 22.4. The number of ketones is 2. The van der Waals surface area contributed by atoms with E-state index in [1.807, 2.05) is 6.07 Å². The second-order valence-corrected chi connectivity index (χ2v) is 17.1. The predicted octanol–water partition coefficient (Wildman–Crippen LogP) is 17.2. The Morgan fingerprint density at radius 3 is 0.982 bits per heavy atom. The van der Waals surface area contributed by atoms with E-state index in [1.165, 1.54) is 75.5 Å². The van der Waals surface area contributed by atoms with E-state index in [9.17, 15) is 9.59 Å². The Hall–Kier alpha value is -4.04. The normalized spacial score (nSPS) is 15.3. The second kappa shape index (κ2) is 28.4. The molecule has 0 radical (unpaired) electrons. The third kappa shape index (κ3) is 22.5. The SMILES string of the molecule is CC(C)=CCC/C(C)=C/CC/C(C)=C/CC/C(C)=C/CC/C(C)=C/CC/C(C)=C/CC/C(C)=C/CC/C(C)=C/CC/C(C)=C/CC1=CC(=O)c2ccccc2C1=O. The number of allylic oxidation sites excluding steroid dienone is 20. The Bertz CT molecular complexity index is 1760. The molecule has 2 rings (SSSR count). The average molecular weight is 771 g/mol. The van der Waals surface area contributed by atoms with Crippen LogP contribution in [0, 0.1) is 0 Å². The summed E-state index contributed by atoms with van der Waals surface area (Å²) in [5, 5.41) is 0. The maximum absolute atomic E-state index is 12.8. The first-order valence-electron chi connectivity index (χ1n) is 22.0. The van der Waals surface area contributed by atoms with Gasteiger partial charge < -0.3 is 0 Å². The molecule has 310 valence electrons. The van der Waals surface area contributed by atoms with E-state index < -0.39 is 0 Å². The Morgan fingerprint density at radius 1 is 0.386 bits per heavy atom. The van der Waals surface area contributed by atoms with Gasteiger partial charge in [-0.25, -0.2) is 0 Å². The Labute approximate surface area is 350 Å². The number of Topliss-reactive ketones (excluding diaryl/α,β-unsaturated/α-hetero) is 1. The van der Waals surface area contributed by atoms with Crippen LogP contribution in [-0.4, -0.2) is 11.6 Å². The van der Waals surface area contributed by atoms with Crippen molar-refractivity contribution in [2.75, 3.05) is 0 Å². The molecule has 1 aromatic rings. The first-order valence-corrected chi connectivity index (χ1v) is 22.0. The van der Waals surface area contributed by atoms with Crippen molar-refractivity contribution in [3.05, 3.63) is 152 Å². The molecule has 0 saturated carbocycles. The molecule has 0 N–H and O–H groups in total. The lowest BCUT2D eigenvalue weighted by molar-refractivity contribution is 0.0983. The zero-order valence-electron chi connectivity index (χ0n) is 37.9. The van der Waals surface area contributed by atoms with Crippen LogP contribution in [0.4, 0.5) is 0 Å². The van der Waals surface area contributed by atoms with Crippen molar-refractivity contribution in [3.63, 3.8) is 0 Å². The molecule has 0 aromatic heterocycles. The molecule has 1 aromatic carbocycles. The quantitative estimate of drug-likeness (QED) is 0.0879. The van der Waals surface area contributed by atoms with Crippen molar-refractivity contribution >= 4 is 11.6 Å². The summed E-state index contributed by atoms with van der Waals surface area (Å²) in [5.74, 6) is -0.0943. The van der Waals surface area contributed by atoms with E-state index >= 15 is 0 Å². The zero-order valence-corrected chi connectivity index (χ0v) is 37.9. The molecule has 0 atom stereocenters. The summed E-state index contributed by atoms with van der Waals surface area (Å²) in [4.78, 5) is 25.2. The van der Waals surface area contributed by atoms with E-state index in [-0.39, 0.29) is 11.6 Å². The third-order valence-electron chi connectivity index (χ3n) is 11.0. The van der Waals surface area contributed by atoms with Gasteiger partial charge in [0.25, 0.3) is 0 Å². The zero-order chi connectivity index (χ0) is 42.0. The minimum atomic E-state index is -0.0694. The fourth-order valence-corrected chi connectivity index (χ4v) is 7.03. The number of benzene rings is 1. The Balaban J connectivity index is 1.58. The fourth-order valence-electron chi connectivity index (χ4n) is 7.03. The monoisotopic (exact) mass is 771 g/mol. The van der Waals surface area contributed by atoms with Crippen LogP contribution in [0.15, 0.2) is 141 Å². The van der Waals surface area contributed by atoms with Gasteiger partial charge in [0.2, 0.25) is 0 Å². The van der Waals surface area contributed by atoms with Gasteiger partial charge in [0.15, 0.2) is 11.6 Å². The van der Waals surface area contributed by atoms with Gasteiger partial charge >= 0.3 is 0 Å². The Morgan fingerprint density at radius 2 is 0.667 bits per heavy atom. The number of hydrogen-bond donors (Lipinski definition) is 0. The molecule has 2 heteroatoms. The van der Waals surface area contributed by atoms with E-state index in [2.05, 4.69) is 124 Å². The molecule has 0 unspecified atom stereocenters. The van der Waals surface area contributed by atoms with Gasteiger partial charge in [-0.3, -0.25) is 9.59 Å². The van der Waals surface area contributed by atoms with Crippen molar-refractivity contribution in [2.45, 2.75) is 178 Å². The van der Waals surface area contributed by atoms with Crippen LogP contribution in [0.1, 0.15) is 199 Å². The van der Waals surface area contributed by atoms with Gasteiger partial charge in [-0.1, -0.05) is 129 Å². The van der Waals surface area contributed by atoms with Crippen molar-refractivity contribution in [3.8, 4) is 0 Å². The molecule has 0 bridgehead atoms. The number of fused-ring (bicyclic) bond motifs is 1. The standard InChI is InChI=1S/C55H78O2/c1-42(2)21-13-22-43(3)23-14-24-44(4)25-15-26-45(5)27-16-28-46(6)29-17-30-47(7)31-18-32-48(8)33-19-34-49(9)35-20-36-50(10)39-40-51-41-54(56)52-37-11-12-38-53(52)55(51)57/h11-12,21,23,25,27,29,31,33,35,37-39,41H,13-20,22,24,26,28,30,32,34,36,40H2,1-10H3/b43-23+,44-25+,45-27+,46-29+,47-31+,48-33+,49-35+,50-39+. The molecule has 0 aliphatic heterocycles. The molecule has 1 aliphatic carbocycles. The summed E-state index contributed by atoms with van der Waals surface area (Å²) >= 11 is 0. The molecule has 0 heterocycles. The predicted molar refractivity (Wildman–Crippen MR) is 251 cm³/mol. The van der Waals surface area contributed by atoms with Crippen LogP contribution in [0.5, 0.6) is 0 Å². The molecule has 0 spiro atoms. The summed E-state index contributed by atoms with van der Waals surface area (Å²) < 4.78 is 0. The van der Waals surface area contributed by atoms with Crippen LogP contribution >= 0.6 is 0 Å². The molecule has 0 fully saturated rings. The number of carbonyl (C=O) groups is 2. The first kappa shape index (κ1) is 49.1. The smallest absolute Gasteiger partial charge is 0.190 e. The van der Waals surface area contributed by atoms with E-state index in [4.69, 9.17) is 0 Å². The van der Waals surface area contributed by atoms with Crippen molar-refractivity contribution in [2.24, 2.45) is 0 Å². The summed E-state index contributed by atoms with van der Waals surface area (Å²) in [5.41, 5.74) is 14.8. The molecule has 57 heavy (non-hydrogen) atoms. The highest BCUT2D eigenvalue weighted by Crippen LogP contribution is 2.24. The second-order valence-electron chi connectivity index (χ2n) is 17.1. The van der Waals surface area contributed by atoms with Gasteiger partial charge in [-0.05, 0) is 184 Å². The number of hydrogen-bond acceptors (Lipinski definition) is 2. The number of rotatable bonds is 26. The van der Waals surface area contributed by atoms with Gasteiger partial charge in [-0.2, -0.15) is 0 Å². The van der Waals surface area contributed by atoms with Crippen molar-refractivity contribution in [1.82, 2.24) is 0 Å². The molecule has 1 aliphatic rings. The maximum Gasteiger partial charge on any atom is 0.190 e. The highest BCUT2D eigenvalue weighted by Gasteiger charge is 2.24. The largest absolute Gasteiger partial charge is 0.289 e. The lowest BCUT2D eigenvalue weighted by Gasteiger charge is -2.14. The molecule has 0 amide bonds. The summed E-state index contributed by atoms with van der Waals surface area (Å²) in [7, 11) is 0. The summed E-state index contributed by atoms with van der Waals surface area (Å²) in [6.07, 6.45) is 41.4. The highest BCUT2D eigenvalue weighted by atomic mass is 16.1. The highest BCUT2D eigenvalue weighted by molar-refractivity contribution is 6.24. The van der Waals surface area contributed by atoms with Gasteiger partial charge in [-0.15, -0.1) is 0 Å². The fraction of sp³-hybridized carbons (Fsp3) is 0.491. The summed E-state index contributed by atoms with van der Waals surface area (Å²) in [6, 6.07) is 7.11. The van der Waals surface area contributed by atoms with Crippen LogP contribution in [0.2, 0.25) is 0 Å². The third-order valence-corrected chi connectivity index (χ3v) is 11.0. The minimum absolute atomic E-state index is 0.0248. The molecule has 0 saturated heterocycles. The van der Waals surface area contributed by atoms with Crippen LogP contribution in [0.25, 0.3) is 0 Å². The minimum Gasteiger partial charge on any atom is -0.289 e. The van der Waals surface area contributed by atoms with Crippen LogP contribution < -0.4 is 0 Å². The molecular weight excluding hydrogens is 693 g/mol. The van der Waals surface area contributed by atoms with Gasteiger partial charge in [0.05, 0.1) is 0 Å². The molecular formula is C55H78O2. The van der Waals surface area contributed by atoms with E-state index in [0.29, 0.717) is 23.1 Å². The lowest BCUT2D eigenvalue weighted by atomic mass is 9.88. The van der Waals surface area contributed by atoms with Gasteiger partial charge in [0, 0.05) is 16.7 Å². The van der Waals surface area contributed by atoms with E-state index in [1.54, 1.807) is 18.2 Å². The Kier molecular flexibility index (Phi) is 24.4. The van der Waals surface area contributed by atoms with Gasteiger partial charge in [0.1, 0.15) is 0 Å². The van der Waals surface area contributed by atoms with Crippen molar-refractivity contribution < 1.29 is 9.59 Å². The first-order chi connectivity index (χ1) is 27.2. The topological polar surface area (TPSA) is 34.1 Å². The average Bonchev–Trinajstić information content (AvgIpc) is 3.15. The van der Waals surface area contributed by atoms with Crippen molar-refractivity contribution in [1.29, 1.82) is 0 Å². The maximum atomic E-state index is 12.8. The molecule has 2 nitrogen and oxygen atoms in total.